The molecule has 0 bridgehead atoms. The molecule has 0 spiro atoms. The second kappa shape index (κ2) is 9.87. The van der Waals surface area contributed by atoms with E-state index in [1.165, 1.54) is 9.80 Å². The molecule has 2 heterocycles. The van der Waals surface area contributed by atoms with E-state index < -0.39 is 11.8 Å². The van der Waals surface area contributed by atoms with Gasteiger partial charge in [0, 0.05) is 17.6 Å². The number of hydrogen-bond acceptors (Lipinski definition) is 4. The number of aromatic nitrogens is 1. The summed E-state index contributed by atoms with van der Waals surface area (Å²) in [6.45, 7) is 3.99. The summed E-state index contributed by atoms with van der Waals surface area (Å²) in [5.74, 6) is -0.193. The molecular weight excluding hydrogens is 482 g/mol. The zero-order valence-corrected chi connectivity index (χ0v) is 21.5. The number of carbonyl (C=O) groups excluding carboxylic acids is 2. The standard InChI is InChI=1S/C30H25N3O3S/c1-20-11-12-25(18-21(20)2)33-29(35)27(28(34)32(30(33)37)23-8-5-4-6-9-23)19-24-10-7-17-31(24)22-13-15-26(36-3)16-14-22/h4-19H,1-3H3/b27-19-. The van der Waals surface area contributed by atoms with E-state index >= 15 is 0 Å². The normalized spacial score (nSPS) is 15.0. The number of hydrogen-bond donors (Lipinski definition) is 0. The minimum atomic E-state index is -0.469. The van der Waals surface area contributed by atoms with Crippen LogP contribution >= 0.6 is 12.2 Å². The molecule has 1 aliphatic rings. The fourth-order valence-electron chi connectivity index (χ4n) is 4.26. The fraction of sp³-hybridized carbons (Fsp3) is 0.100. The van der Waals surface area contributed by atoms with Crippen LogP contribution < -0.4 is 14.5 Å². The van der Waals surface area contributed by atoms with E-state index in [2.05, 4.69) is 0 Å². The molecule has 184 valence electrons. The fourth-order valence-corrected chi connectivity index (χ4v) is 4.64. The van der Waals surface area contributed by atoms with E-state index in [1.54, 1.807) is 25.3 Å². The lowest BCUT2D eigenvalue weighted by Gasteiger charge is -2.36. The van der Waals surface area contributed by atoms with Crippen LogP contribution in [0.15, 0.2) is 96.7 Å². The van der Waals surface area contributed by atoms with Gasteiger partial charge in [0.25, 0.3) is 11.8 Å². The molecule has 1 aliphatic heterocycles. The molecule has 0 radical (unpaired) electrons. The summed E-state index contributed by atoms with van der Waals surface area (Å²) in [6, 6.07) is 26.1. The van der Waals surface area contributed by atoms with Gasteiger partial charge in [-0.15, -0.1) is 0 Å². The molecule has 3 aromatic carbocycles. The van der Waals surface area contributed by atoms with Crippen LogP contribution in [0, 0.1) is 13.8 Å². The third kappa shape index (κ3) is 4.45. The molecule has 6 nitrogen and oxygen atoms in total. The predicted octanol–water partition coefficient (Wildman–Crippen LogP) is 5.85. The lowest BCUT2D eigenvalue weighted by Crippen LogP contribution is -2.57. The SMILES string of the molecule is COc1ccc(-n2cccc2/C=C2/C(=O)N(c3ccccc3)C(=S)N(c3ccc(C)c(C)c3)C2=O)cc1. The Bertz CT molecular complexity index is 1540. The highest BCUT2D eigenvalue weighted by molar-refractivity contribution is 7.81. The molecular formula is C30H25N3O3S. The van der Waals surface area contributed by atoms with Crippen LogP contribution in [-0.4, -0.2) is 28.6 Å². The van der Waals surface area contributed by atoms with Crippen LogP contribution in [0.4, 0.5) is 11.4 Å². The topological polar surface area (TPSA) is 54.8 Å². The van der Waals surface area contributed by atoms with E-state index in [4.69, 9.17) is 17.0 Å². The van der Waals surface area contributed by atoms with Crippen LogP contribution in [0.25, 0.3) is 11.8 Å². The maximum absolute atomic E-state index is 13.9. The monoisotopic (exact) mass is 507 g/mol. The smallest absolute Gasteiger partial charge is 0.270 e. The molecule has 1 fully saturated rings. The third-order valence-corrected chi connectivity index (χ3v) is 6.80. The van der Waals surface area contributed by atoms with E-state index in [-0.39, 0.29) is 10.7 Å². The Morgan fingerprint density at radius 1 is 0.730 bits per heavy atom. The zero-order valence-electron chi connectivity index (χ0n) is 20.7. The predicted molar refractivity (Wildman–Crippen MR) is 150 cm³/mol. The van der Waals surface area contributed by atoms with Crippen LogP contribution in [-0.2, 0) is 9.59 Å². The van der Waals surface area contributed by atoms with Crippen LogP contribution in [0.5, 0.6) is 5.75 Å². The molecule has 1 saturated heterocycles. The van der Waals surface area contributed by atoms with Gasteiger partial charge in [0.2, 0.25) is 0 Å². The minimum Gasteiger partial charge on any atom is -0.497 e. The Hall–Kier alpha value is -4.49. The van der Waals surface area contributed by atoms with Crippen molar-refractivity contribution < 1.29 is 14.3 Å². The molecule has 0 N–H and O–H groups in total. The lowest BCUT2D eigenvalue weighted by molar-refractivity contribution is -0.120. The number of rotatable bonds is 5. The summed E-state index contributed by atoms with van der Waals surface area (Å²) in [5.41, 5.74) is 4.90. The van der Waals surface area contributed by atoms with Crippen molar-refractivity contribution in [2.75, 3.05) is 16.9 Å². The van der Waals surface area contributed by atoms with Gasteiger partial charge >= 0.3 is 0 Å². The zero-order chi connectivity index (χ0) is 26.1. The minimum absolute atomic E-state index is 0.0177. The summed E-state index contributed by atoms with van der Waals surface area (Å²) in [4.78, 5) is 30.5. The van der Waals surface area contributed by atoms with Crippen LogP contribution in [0.3, 0.4) is 0 Å². The number of amides is 2. The molecule has 1 aromatic heterocycles. The summed E-state index contributed by atoms with van der Waals surface area (Å²) >= 11 is 5.74. The summed E-state index contributed by atoms with van der Waals surface area (Å²) in [7, 11) is 1.62. The van der Waals surface area contributed by atoms with Crippen molar-refractivity contribution in [3.63, 3.8) is 0 Å². The lowest BCUT2D eigenvalue weighted by atomic mass is 10.1. The number of nitrogens with zero attached hydrogens (tertiary/aromatic N) is 3. The van der Waals surface area contributed by atoms with Crippen molar-refractivity contribution in [1.82, 2.24) is 4.57 Å². The van der Waals surface area contributed by atoms with Crippen molar-refractivity contribution in [2.24, 2.45) is 0 Å². The average Bonchev–Trinajstić information content (AvgIpc) is 3.37. The molecule has 0 atom stereocenters. The second-order valence-corrected chi connectivity index (χ2v) is 9.09. The average molecular weight is 508 g/mol. The Morgan fingerprint density at radius 2 is 1.38 bits per heavy atom. The van der Waals surface area contributed by atoms with E-state index in [0.717, 1.165) is 22.6 Å². The number of para-hydroxylation sites is 1. The van der Waals surface area contributed by atoms with Gasteiger partial charge in [-0.05, 0) is 104 Å². The number of methoxy groups -OCH3 is 1. The highest BCUT2D eigenvalue weighted by Gasteiger charge is 2.41. The molecule has 4 aromatic rings. The number of ether oxygens (including phenoxy) is 1. The molecule has 2 amide bonds. The number of thiocarbonyl (C=S) groups is 1. The van der Waals surface area contributed by atoms with Gasteiger partial charge in [0.15, 0.2) is 5.11 Å². The van der Waals surface area contributed by atoms with E-state index in [0.29, 0.717) is 17.1 Å². The van der Waals surface area contributed by atoms with Crippen molar-refractivity contribution in [3.05, 3.63) is 114 Å². The second-order valence-electron chi connectivity index (χ2n) is 8.73. The van der Waals surface area contributed by atoms with Crippen molar-refractivity contribution in [1.29, 1.82) is 0 Å². The molecule has 0 aliphatic carbocycles. The summed E-state index contributed by atoms with van der Waals surface area (Å²) in [5, 5.41) is 0.118. The first kappa shape index (κ1) is 24.2. The van der Waals surface area contributed by atoms with Gasteiger partial charge in [-0.25, -0.2) is 0 Å². The number of benzene rings is 3. The van der Waals surface area contributed by atoms with Gasteiger partial charge in [-0.1, -0.05) is 24.3 Å². The Balaban J connectivity index is 1.64. The van der Waals surface area contributed by atoms with Crippen LogP contribution in [0.2, 0.25) is 0 Å². The largest absolute Gasteiger partial charge is 0.497 e. The van der Waals surface area contributed by atoms with Gasteiger partial charge in [0.1, 0.15) is 11.3 Å². The highest BCUT2D eigenvalue weighted by Crippen LogP contribution is 2.31. The van der Waals surface area contributed by atoms with Crippen molar-refractivity contribution >= 4 is 46.6 Å². The Morgan fingerprint density at radius 3 is 2.03 bits per heavy atom. The van der Waals surface area contributed by atoms with E-state index in [1.807, 2.05) is 97.4 Å². The van der Waals surface area contributed by atoms with Gasteiger partial charge < -0.3 is 9.30 Å². The van der Waals surface area contributed by atoms with Crippen molar-refractivity contribution in [3.8, 4) is 11.4 Å². The van der Waals surface area contributed by atoms with Gasteiger partial charge in [-0.3, -0.25) is 19.4 Å². The van der Waals surface area contributed by atoms with Gasteiger partial charge in [0.05, 0.1) is 18.5 Å². The first-order chi connectivity index (χ1) is 17.9. The quantitative estimate of drug-likeness (QED) is 0.193. The van der Waals surface area contributed by atoms with Gasteiger partial charge in [-0.2, -0.15) is 0 Å². The third-order valence-electron chi connectivity index (χ3n) is 6.44. The summed E-state index contributed by atoms with van der Waals surface area (Å²) in [6.07, 6.45) is 3.51. The van der Waals surface area contributed by atoms with Crippen molar-refractivity contribution in [2.45, 2.75) is 13.8 Å². The molecule has 0 unspecified atom stereocenters. The molecule has 0 saturated carbocycles. The first-order valence-corrected chi connectivity index (χ1v) is 12.2. The molecule has 7 heteroatoms. The number of anilines is 2. The number of aryl methyl sites for hydroxylation is 2. The maximum Gasteiger partial charge on any atom is 0.270 e. The highest BCUT2D eigenvalue weighted by atomic mass is 32.1. The Labute approximate surface area is 221 Å². The molecule has 37 heavy (non-hydrogen) atoms. The van der Waals surface area contributed by atoms with Crippen LogP contribution in [0.1, 0.15) is 16.8 Å². The first-order valence-electron chi connectivity index (χ1n) is 11.8. The maximum atomic E-state index is 13.9. The van der Waals surface area contributed by atoms with E-state index in [9.17, 15) is 9.59 Å². The number of carbonyl (C=O) groups is 2. The summed E-state index contributed by atoms with van der Waals surface area (Å²) < 4.78 is 7.18. The Kier molecular flexibility index (Phi) is 6.46. The molecule has 5 rings (SSSR count).